The molecule has 2 amide bonds. The van der Waals surface area contributed by atoms with Gasteiger partial charge in [-0.2, -0.15) is 0 Å². The molecule has 0 aliphatic carbocycles. The Labute approximate surface area is 143 Å². The number of hydrogen-bond donors (Lipinski definition) is 2. The van der Waals surface area contributed by atoms with Gasteiger partial charge in [0.15, 0.2) is 17.3 Å². The molecular weight excluding hydrogens is 322 g/mol. The number of fused-ring (bicyclic) bond motifs is 1. The molecule has 0 unspecified atom stereocenters. The molecule has 2 aromatic heterocycles. The van der Waals surface area contributed by atoms with Crippen molar-refractivity contribution in [3.63, 3.8) is 0 Å². The van der Waals surface area contributed by atoms with E-state index < -0.39 is 0 Å². The largest absolute Gasteiger partial charge is 0.463 e. The quantitative estimate of drug-likeness (QED) is 0.762. The number of amides is 2. The van der Waals surface area contributed by atoms with Gasteiger partial charge in [-0.1, -0.05) is 6.07 Å². The van der Waals surface area contributed by atoms with Crippen LogP contribution in [0.1, 0.15) is 5.56 Å². The first-order chi connectivity index (χ1) is 12.3. The van der Waals surface area contributed by atoms with Gasteiger partial charge in [-0.05, 0) is 35.9 Å². The minimum atomic E-state index is -0.311. The van der Waals surface area contributed by atoms with E-state index in [1.54, 1.807) is 30.7 Å². The normalized spacial score (nSPS) is 12.0. The number of nitrogens with zero attached hydrogens (tertiary/aromatic N) is 1. The Kier molecular flexibility index (Phi) is 3.96. The molecule has 0 spiro atoms. The van der Waals surface area contributed by atoms with E-state index in [2.05, 4.69) is 15.6 Å². The van der Waals surface area contributed by atoms with E-state index in [-0.39, 0.29) is 12.8 Å². The fourth-order valence-corrected chi connectivity index (χ4v) is 2.43. The molecule has 0 bridgehead atoms. The van der Waals surface area contributed by atoms with Crippen LogP contribution in [0.15, 0.2) is 59.3 Å². The summed E-state index contributed by atoms with van der Waals surface area (Å²) >= 11 is 0. The van der Waals surface area contributed by atoms with Crippen molar-refractivity contribution in [3.8, 4) is 23.0 Å². The lowest BCUT2D eigenvalue weighted by molar-refractivity contribution is 0.174. The number of furan rings is 1. The van der Waals surface area contributed by atoms with Crippen LogP contribution in [0.25, 0.3) is 11.5 Å². The Hall–Kier alpha value is -3.48. The van der Waals surface area contributed by atoms with Crippen molar-refractivity contribution in [1.29, 1.82) is 0 Å². The van der Waals surface area contributed by atoms with Crippen LogP contribution in [0.4, 0.5) is 10.5 Å². The van der Waals surface area contributed by atoms with Gasteiger partial charge in [0, 0.05) is 24.5 Å². The van der Waals surface area contributed by atoms with E-state index in [1.807, 2.05) is 24.3 Å². The molecule has 3 heterocycles. The third kappa shape index (κ3) is 3.40. The van der Waals surface area contributed by atoms with Crippen molar-refractivity contribution in [1.82, 2.24) is 10.3 Å². The highest BCUT2D eigenvalue weighted by Gasteiger charge is 2.14. The van der Waals surface area contributed by atoms with Crippen molar-refractivity contribution < 1.29 is 18.7 Å². The fourth-order valence-electron chi connectivity index (χ4n) is 2.43. The number of benzene rings is 1. The number of urea groups is 1. The smallest absolute Gasteiger partial charge is 0.319 e. The van der Waals surface area contributed by atoms with E-state index in [0.29, 0.717) is 29.5 Å². The zero-order valence-corrected chi connectivity index (χ0v) is 13.2. The standard InChI is InChI=1S/C18H15N3O4/c22-18(21-13-4-6-16-17(8-13)25-11-24-16)20-10-12-3-5-14(19-9-12)15-2-1-7-23-15/h1-9H,10-11H2,(H2,20,21,22). The summed E-state index contributed by atoms with van der Waals surface area (Å²) in [6.07, 6.45) is 3.31. The Morgan fingerprint density at radius 3 is 2.84 bits per heavy atom. The number of carbonyl (C=O) groups is 1. The van der Waals surface area contributed by atoms with Crippen LogP contribution in [0, 0.1) is 0 Å². The molecule has 0 saturated heterocycles. The first kappa shape index (κ1) is 15.1. The number of rotatable bonds is 4. The highest BCUT2D eigenvalue weighted by molar-refractivity contribution is 5.89. The summed E-state index contributed by atoms with van der Waals surface area (Å²) in [7, 11) is 0. The fraction of sp³-hybridized carbons (Fsp3) is 0.111. The van der Waals surface area contributed by atoms with Gasteiger partial charge in [-0.15, -0.1) is 0 Å². The highest BCUT2D eigenvalue weighted by Crippen LogP contribution is 2.34. The number of carbonyl (C=O) groups excluding carboxylic acids is 1. The van der Waals surface area contributed by atoms with E-state index in [9.17, 15) is 4.79 Å². The van der Waals surface area contributed by atoms with Crippen LogP contribution >= 0.6 is 0 Å². The molecule has 0 fully saturated rings. The third-order valence-electron chi connectivity index (χ3n) is 3.68. The van der Waals surface area contributed by atoms with Crippen LogP contribution in [0.2, 0.25) is 0 Å². The topological polar surface area (TPSA) is 85.6 Å². The zero-order valence-electron chi connectivity index (χ0n) is 13.2. The predicted molar refractivity (Wildman–Crippen MR) is 90.4 cm³/mol. The maximum absolute atomic E-state index is 12.0. The van der Waals surface area contributed by atoms with Gasteiger partial charge in [0.25, 0.3) is 0 Å². The molecule has 25 heavy (non-hydrogen) atoms. The second-order valence-corrected chi connectivity index (χ2v) is 5.40. The summed E-state index contributed by atoms with van der Waals surface area (Å²) in [5.41, 5.74) is 2.27. The summed E-state index contributed by atoms with van der Waals surface area (Å²) in [6.45, 7) is 0.563. The number of pyridine rings is 1. The Morgan fingerprint density at radius 2 is 2.04 bits per heavy atom. The van der Waals surface area contributed by atoms with Gasteiger partial charge >= 0.3 is 6.03 Å². The summed E-state index contributed by atoms with van der Waals surface area (Å²) < 4.78 is 15.8. The van der Waals surface area contributed by atoms with Gasteiger partial charge in [0.2, 0.25) is 6.79 Å². The summed E-state index contributed by atoms with van der Waals surface area (Å²) in [6, 6.07) is 12.3. The van der Waals surface area contributed by atoms with Crippen LogP contribution in [-0.2, 0) is 6.54 Å². The molecule has 3 aromatic rings. The van der Waals surface area contributed by atoms with E-state index in [1.165, 1.54) is 0 Å². The minimum Gasteiger partial charge on any atom is -0.463 e. The van der Waals surface area contributed by atoms with Crippen molar-refractivity contribution in [2.75, 3.05) is 12.1 Å². The molecule has 7 heteroatoms. The van der Waals surface area contributed by atoms with E-state index in [0.717, 1.165) is 11.3 Å². The molecular formula is C18H15N3O4. The van der Waals surface area contributed by atoms with Crippen molar-refractivity contribution in [2.24, 2.45) is 0 Å². The Morgan fingerprint density at radius 1 is 1.12 bits per heavy atom. The van der Waals surface area contributed by atoms with Gasteiger partial charge in [0.1, 0.15) is 5.69 Å². The van der Waals surface area contributed by atoms with Gasteiger partial charge < -0.3 is 24.5 Å². The number of ether oxygens (including phenoxy) is 2. The van der Waals surface area contributed by atoms with Gasteiger partial charge in [0.05, 0.1) is 6.26 Å². The Bertz CT molecular complexity index is 876. The number of nitrogens with one attached hydrogen (secondary N) is 2. The van der Waals surface area contributed by atoms with E-state index >= 15 is 0 Å². The van der Waals surface area contributed by atoms with Crippen LogP contribution in [0.3, 0.4) is 0 Å². The monoisotopic (exact) mass is 337 g/mol. The summed E-state index contributed by atoms with van der Waals surface area (Å²) in [4.78, 5) is 16.3. The second-order valence-electron chi connectivity index (χ2n) is 5.40. The summed E-state index contributed by atoms with van der Waals surface area (Å²) in [5, 5.41) is 5.54. The molecule has 0 atom stereocenters. The van der Waals surface area contributed by atoms with Gasteiger partial charge in [-0.25, -0.2) is 4.79 Å². The van der Waals surface area contributed by atoms with Crippen molar-refractivity contribution >= 4 is 11.7 Å². The second kappa shape index (κ2) is 6.56. The predicted octanol–water partition coefficient (Wildman–Crippen LogP) is 3.39. The SMILES string of the molecule is O=C(NCc1ccc(-c2ccco2)nc1)Nc1ccc2c(c1)OCO2. The lowest BCUT2D eigenvalue weighted by Crippen LogP contribution is -2.28. The maximum Gasteiger partial charge on any atom is 0.319 e. The highest BCUT2D eigenvalue weighted by atomic mass is 16.7. The number of hydrogen-bond acceptors (Lipinski definition) is 5. The van der Waals surface area contributed by atoms with E-state index in [4.69, 9.17) is 13.9 Å². The molecule has 1 aromatic carbocycles. The molecule has 7 nitrogen and oxygen atoms in total. The van der Waals surface area contributed by atoms with Gasteiger partial charge in [-0.3, -0.25) is 4.98 Å². The molecule has 1 aliphatic heterocycles. The first-order valence-electron chi connectivity index (χ1n) is 7.71. The third-order valence-corrected chi connectivity index (χ3v) is 3.68. The van der Waals surface area contributed by atoms with Crippen molar-refractivity contribution in [3.05, 3.63) is 60.5 Å². The first-order valence-corrected chi connectivity index (χ1v) is 7.71. The molecule has 126 valence electrons. The zero-order chi connectivity index (χ0) is 17.1. The average molecular weight is 337 g/mol. The molecule has 2 N–H and O–H groups in total. The molecule has 0 saturated carbocycles. The maximum atomic E-state index is 12.0. The minimum absolute atomic E-state index is 0.200. The lowest BCUT2D eigenvalue weighted by atomic mass is 10.2. The van der Waals surface area contributed by atoms with Crippen LogP contribution in [-0.4, -0.2) is 17.8 Å². The van der Waals surface area contributed by atoms with Crippen molar-refractivity contribution in [2.45, 2.75) is 6.54 Å². The van der Waals surface area contributed by atoms with Crippen LogP contribution < -0.4 is 20.1 Å². The Balaban J connectivity index is 1.32. The molecule has 0 radical (unpaired) electrons. The molecule has 1 aliphatic rings. The molecule has 4 rings (SSSR count). The summed E-state index contributed by atoms with van der Waals surface area (Å²) in [5.74, 6) is 2.00. The lowest BCUT2D eigenvalue weighted by Gasteiger charge is -2.08. The number of aromatic nitrogens is 1. The van der Waals surface area contributed by atoms with Crippen LogP contribution in [0.5, 0.6) is 11.5 Å². The average Bonchev–Trinajstić information content (AvgIpc) is 3.32. The number of anilines is 1.